The van der Waals surface area contributed by atoms with E-state index in [0.29, 0.717) is 19.5 Å². The summed E-state index contributed by atoms with van der Waals surface area (Å²) in [6.07, 6.45) is 5.96. The minimum absolute atomic E-state index is 0.308. The average molecular weight is 311 g/mol. The van der Waals surface area contributed by atoms with Gasteiger partial charge in [0.25, 0.3) is 0 Å². The van der Waals surface area contributed by atoms with Crippen molar-refractivity contribution in [3.05, 3.63) is 16.1 Å². The summed E-state index contributed by atoms with van der Waals surface area (Å²) in [4.78, 5) is 30.4. The summed E-state index contributed by atoms with van der Waals surface area (Å²) in [6, 6.07) is -1.02. The number of thiazole rings is 1. The van der Waals surface area contributed by atoms with E-state index in [2.05, 4.69) is 17.2 Å². The highest BCUT2D eigenvalue weighted by atomic mass is 32.1. The Labute approximate surface area is 128 Å². The molecule has 7 heteroatoms. The molecule has 2 amide bonds. The molecule has 1 aliphatic rings. The molecule has 1 aromatic heterocycles. The molecular weight excluding hydrogens is 290 g/mol. The molecule has 1 aliphatic heterocycles. The van der Waals surface area contributed by atoms with E-state index in [1.54, 1.807) is 11.3 Å². The van der Waals surface area contributed by atoms with Gasteiger partial charge in [0.1, 0.15) is 11.0 Å². The molecule has 1 saturated heterocycles. The molecule has 0 bridgehead atoms. The Morgan fingerprint density at radius 1 is 1.48 bits per heavy atom. The first kappa shape index (κ1) is 15.8. The number of amides is 2. The van der Waals surface area contributed by atoms with E-state index in [1.165, 1.54) is 9.78 Å². The van der Waals surface area contributed by atoms with Crippen molar-refractivity contribution in [2.24, 2.45) is 0 Å². The number of hydrogen-bond donors (Lipinski definition) is 2. The summed E-state index contributed by atoms with van der Waals surface area (Å²) in [5, 5.41) is 12.9. The van der Waals surface area contributed by atoms with Crippen molar-refractivity contribution < 1.29 is 14.7 Å². The first-order chi connectivity index (χ1) is 10.1. The van der Waals surface area contributed by atoms with Crippen LogP contribution < -0.4 is 5.32 Å². The second-order valence-electron chi connectivity index (χ2n) is 5.13. The van der Waals surface area contributed by atoms with Gasteiger partial charge in [0.05, 0.1) is 6.54 Å². The van der Waals surface area contributed by atoms with Crippen molar-refractivity contribution in [3.8, 4) is 0 Å². The number of rotatable bonds is 4. The van der Waals surface area contributed by atoms with Gasteiger partial charge in [-0.2, -0.15) is 0 Å². The number of hydrogen-bond acceptors (Lipinski definition) is 4. The number of nitrogens with one attached hydrogen (secondary N) is 1. The van der Waals surface area contributed by atoms with Crippen LogP contribution in [0.2, 0.25) is 0 Å². The maximum absolute atomic E-state index is 12.2. The normalized spacial score (nSPS) is 19.1. The molecular formula is C14H21N3O3S. The third-order valence-corrected chi connectivity index (χ3v) is 4.78. The highest BCUT2D eigenvalue weighted by Crippen LogP contribution is 2.18. The second kappa shape index (κ2) is 7.40. The van der Waals surface area contributed by atoms with Gasteiger partial charge in [-0.05, 0) is 19.3 Å². The monoisotopic (exact) mass is 311 g/mol. The smallest absolute Gasteiger partial charge is 0.326 e. The van der Waals surface area contributed by atoms with Gasteiger partial charge < -0.3 is 15.3 Å². The van der Waals surface area contributed by atoms with Gasteiger partial charge in [-0.15, -0.1) is 11.3 Å². The summed E-state index contributed by atoms with van der Waals surface area (Å²) >= 11 is 1.57. The van der Waals surface area contributed by atoms with Crippen LogP contribution in [0.25, 0.3) is 0 Å². The van der Waals surface area contributed by atoms with Crippen molar-refractivity contribution in [3.63, 3.8) is 0 Å². The van der Waals surface area contributed by atoms with E-state index in [0.717, 1.165) is 30.7 Å². The Kier molecular flexibility index (Phi) is 5.55. The Bertz CT molecular complexity index is 503. The molecule has 0 aliphatic carbocycles. The van der Waals surface area contributed by atoms with Crippen LogP contribution in [0.15, 0.2) is 6.20 Å². The molecule has 2 heterocycles. The number of carbonyl (C=O) groups excluding carboxylic acids is 1. The number of carbonyl (C=O) groups is 2. The van der Waals surface area contributed by atoms with Crippen LogP contribution in [-0.2, 0) is 17.8 Å². The fourth-order valence-electron chi connectivity index (χ4n) is 2.45. The minimum atomic E-state index is -0.922. The molecule has 1 aromatic rings. The quantitative estimate of drug-likeness (QED) is 0.893. The molecule has 0 saturated carbocycles. The lowest BCUT2D eigenvalue weighted by Gasteiger charge is -2.26. The summed E-state index contributed by atoms with van der Waals surface area (Å²) in [7, 11) is 0. The van der Waals surface area contributed by atoms with Crippen LogP contribution in [-0.4, -0.2) is 39.6 Å². The summed E-state index contributed by atoms with van der Waals surface area (Å²) in [5.41, 5.74) is 0. The lowest BCUT2D eigenvalue weighted by molar-refractivity contribution is -0.142. The number of carboxylic acids is 1. The highest BCUT2D eigenvalue weighted by molar-refractivity contribution is 7.11. The molecule has 0 radical (unpaired) electrons. The third-order valence-electron chi connectivity index (χ3n) is 3.64. The van der Waals surface area contributed by atoms with Crippen molar-refractivity contribution in [2.45, 2.75) is 51.6 Å². The number of likely N-dealkylation sites (tertiary alicyclic amines) is 1. The summed E-state index contributed by atoms with van der Waals surface area (Å²) < 4.78 is 0. The minimum Gasteiger partial charge on any atom is -0.480 e. The molecule has 1 atom stereocenters. The van der Waals surface area contributed by atoms with Gasteiger partial charge in [0.2, 0.25) is 0 Å². The number of nitrogens with zero attached hydrogens (tertiary/aromatic N) is 2. The standard InChI is InChI=1S/C14H21N3O3S/c1-2-10-8-15-12(21-10)9-16-14(20)17-7-5-3-4-6-11(17)13(18)19/h8,11H,2-7,9H2,1H3,(H,16,20)(H,18,19). The molecule has 2 rings (SSSR count). The van der Waals surface area contributed by atoms with Gasteiger partial charge >= 0.3 is 12.0 Å². The fourth-order valence-corrected chi connectivity index (χ4v) is 3.26. The Balaban J connectivity index is 1.95. The van der Waals surface area contributed by atoms with Gasteiger partial charge in [-0.3, -0.25) is 0 Å². The third kappa shape index (κ3) is 4.17. The summed E-state index contributed by atoms with van der Waals surface area (Å²) in [6.45, 7) is 2.91. The van der Waals surface area contributed by atoms with Crippen LogP contribution in [0.1, 0.15) is 42.5 Å². The first-order valence-corrected chi connectivity index (χ1v) is 8.14. The number of aromatic nitrogens is 1. The number of aliphatic carboxylic acids is 1. The SMILES string of the molecule is CCc1cnc(CNC(=O)N2CCCCCC2C(=O)O)s1. The molecule has 1 fully saturated rings. The Morgan fingerprint density at radius 3 is 2.95 bits per heavy atom. The molecule has 1 unspecified atom stereocenters. The van der Waals surface area contributed by atoms with Crippen molar-refractivity contribution in [1.82, 2.24) is 15.2 Å². The van der Waals surface area contributed by atoms with Crippen molar-refractivity contribution >= 4 is 23.3 Å². The van der Waals surface area contributed by atoms with Crippen LogP contribution in [0.5, 0.6) is 0 Å². The molecule has 6 nitrogen and oxygen atoms in total. The fraction of sp³-hybridized carbons (Fsp3) is 0.643. The zero-order valence-electron chi connectivity index (χ0n) is 12.2. The highest BCUT2D eigenvalue weighted by Gasteiger charge is 2.30. The van der Waals surface area contributed by atoms with Crippen molar-refractivity contribution in [2.75, 3.05) is 6.54 Å². The molecule has 116 valence electrons. The largest absolute Gasteiger partial charge is 0.480 e. The van der Waals surface area contributed by atoms with E-state index in [9.17, 15) is 14.7 Å². The molecule has 2 N–H and O–H groups in total. The zero-order valence-corrected chi connectivity index (χ0v) is 13.0. The van der Waals surface area contributed by atoms with E-state index >= 15 is 0 Å². The lowest BCUT2D eigenvalue weighted by atomic mass is 10.1. The Hall–Kier alpha value is -1.63. The number of aryl methyl sites for hydroxylation is 1. The summed E-state index contributed by atoms with van der Waals surface area (Å²) in [5.74, 6) is -0.922. The van der Waals surface area contributed by atoms with Crippen LogP contribution in [0.3, 0.4) is 0 Å². The van der Waals surface area contributed by atoms with E-state index in [4.69, 9.17) is 0 Å². The maximum Gasteiger partial charge on any atom is 0.326 e. The van der Waals surface area contributed by atoms with E-state index in [1.807, 2.05) is 6.20 Å². The van der Waals surface area contributed by atoms with Gasteiger partial charge in [-0.25, -0.2) is 14.6 Å². The van der Waals surface area contributed by atoms with E-state index < -0.39 is 12.0 Å². The Morgan fingerprint density at radius 2 is 2.29 bits per heavy atom. The predicted molar refractivity (Wildman–Crippen MR) is 80.3 cm³/mol. The second-order valence-corrected chi connectivity index (χ2v) is 6.33. The van der Waals surface area contributed by atoms with Gasteiger partial charge in [0, 0.05) is 17.6 Å². The number of urea groups is 1. The topological polar surface area (TPSA) is 82.5 Å². The first-order valence-electron chi connectivity index (χ1n) is 7.32. The van der Waals surface area contributed by atoms with Gasteiger partial charge in [0.15, 0.2) is 0 Å². The lowest BCUT2D eigenvalue weighted by Crippen LogP contribution is -2.49. The zero-order chi connectivity index (χ0) is 15.2. The predicted octanol–water partition coefficient (Wildman–Crippen LogP) is 2.24. The van der Waals surface area contributed by atoms with E-state index in [-0.39, 0.29) is 6.03 Å². The molecule has 0 spiro atoms. The maximum atomic E-state index is 12.2. The molecule has 21 heavy (non-hydrogen) atoms. The van der Waals surface area contributed by atoms with Crippen LogP contribution in [0.4, 0.5) is 4.79 Å². The number of carboxylic acid groups (broad SMARTS) is 1. The van der Waals surface area contributed by atoms with Crippen LogP contribution in [0, 0.1) is 0 Å². The molecule has 0 aromatic carbocycles. The van der Waals surface area contributed by atoms with Crippen LogP contribution >= 0.6 is 11.3 Å². The van der Waals surface area contributed by atoms with Crippen molar-refractivity contribution in [1.29, 1.82) is 0 Å². The average Bonchev–Trinajstić information content (AvgIpc) is 2.78. The van der Waals surface area contributed by atoms with Gasteiger partial charge in [-0.1, -0.05) is 19.8 Å².